The molecule has 1 heterocycles. The average molecular weight is 511 g/mol. The first kappa shape index (κ1) is 25.7. The molecule has 0 radical (unpaired) electrons. The summed E-state index contributed by atoms with van der Waals surface area (Å²) in [4.78, 5) is 51.2. The van der Waals surface area contributed by atoms with Crippen LogP contribution in [0.2, 0.25) is 5.02 Å². The van der Waals surface area contributed by atoms with Gasteiger partial charge in [-0.3, -0.25) is 23.5 Å². The fourth-order valence-corrected chi connectivity index (χ4v) is 4.89. The number of amides is 2. The van der Waals surface area contributed by atoms with E-state index in [9.17, 15) is 19.2 Å². The fraction of sp³-hybridized carbons (Fsp3) is 0.407. The van der Waals surface area contributed by atoms with Gasteiger partial charge in [0.15, 0.2) is 0 Å². The number of nitrogens with one attached hydrogen (secondary N) is 2. The van der Waals surface area contributed by atoms with Crippen LogP contribution in [0.4, 0.5) is 0 Å². The van der Waals surface area contributed by atoms with E-state index in [2.05, 4.69) is 10.6 Å². The Bertz CT molecular complexity index is 1360. The molecular weight excluding hydrogens is 480 g/mol. The lowest BCUT2D eigenvalue weighted by Crippen LogP contribution is -2.43. The van der Waals surface area contributed by atoms with E-state index in [0.29, 0.717) is 35.3 Å². The van der Waals surface area contributed by atoms with Crippen LogP contribution in [-0.4, -0.2) is 27.0 Å². The van der Waals surface area contributed by atoms with Crippen molar-refractivity contribution in [1.29, 1.82) is 0 Å². The van der Waals surface area contributed by atoms with Gasteiger partial charge < -0.3 is 10.6 Å². The van der Waals surface area contributed by atoms with Gasteiger partial charge in [0.1, 0.15) is 6.54 Å². The number of fused-ring (bicyclic) bond motifs is 1. The van der Waals surface area contributed by atoms with Gasteiger partial charge in [-0.05, 0) is 49.4 Å². The normalized spacial score (nSPS) is 13.7. The van der Waals surface area contributed by atoms with Crippen LogP contribution in [0.5, 0.6) is 0 Å². The molecule has 0 bridgehead atoms. The minimum atomic E-state index is -0.511. The van der Waals surface area contributed by atoms with Crippen molar-refractivity contribution < 1.29 is 9.59 Å². The second kappa shape index (κ2) is 12.0. The van der Waals surface area contributed by atoms with Crippen molar-refractivity contribution in [2.75, 3.05) is 0 Å². The highest BCUT2D eigenvalue weighted by Gasteiger charge is 2.19. The highest BCUT2D eigenvalue weighted by atomic mass is 35.5. The van der Waals surface area contributed by atoms with E-state index in [-0.39, 0.29) is 42.9 Å². The maximum Gasteiger partial charge on any atom is 0.331 e. The lowest BCUT2D eigenvalue weighted by atomic mass is 10.2. The largest absolute Gasteiger partial charge is 0.352 e. The Morgan fingerprint density at radius 1 is 0.917 bits per heavy atom. The molecule has 1 aliphatic carbocycles. The molecule has 4 rings (SSSR count). The van der Waals surface area contributed by atoms with Crippen LogP contribution >= 0.6 is 11.6 Å². The Hall–Kier alpha value is -3.39. The van der Waals surface area contributed by atoms with Crippen LogP contribution in [0.15, 0.2) is 58.1 Å². The molecule has 1 fully saturated rings. The lowest BCUT2D eigenvalue weighted by molar-refractivity contribution is -0.122. The van der Waals surface area contributed by atoms with Crippen molar-refractivity contribution in [3.63, 3.8) is 0 Å². The number of carbonyl (C=O) groups is 2. The maximum atomic E-state index is 13.2. The maximum absolute atomic E-state index is 13.2. The molecular formula is C27H31ClN4O4. The van der Waals surface area contributed by atoms with Crippen LogP contribution in [0.1, 0.15) is 50.5 Å². The Morgan fingerprint density at radius 3 is 2.42 bits per heavy atom. The van der Waals surface area contributed by atoms with Gasteiger partial charge in [-0.25, -0.2) is 4.79 Å². The second-order valence-corrected chi connectivity index (χ2v) is 9.62. The number of nitrogens with zero attached hydrogens (tertiary/aromatic N) is 2. The Kier molecular flexibility index (Phi) is 8.59. The molecule has 2 N–H and O–H groups in total. The molecule has 0 saturated heterocycles. The quantitative estimate of drug-likeness (QED) is 0.408. The van der Waals surface area contributed by atoms with Crippen molar-refractivity contribution >= 4 is 34.3 Å². The molecule has 3 aromatic rings. The highest BCUT2D eigenvalue weighted by Crippen LogP contribution is 2.18. The van der Waals surface area contributed by atoms with Gasteiger partial charge in [-0.1, -0.05) is 54.8 Å². The summed E-state index contributed by atoms with van der Waals surface area (Å²) < 4.78 is 2.55. The topological polar surface area (TPSA) is 102 Å². The molecule has 1 aliphatic rings. The summed E-state index contributed by atoms with van der Waals surface area (Å²) in [5, 5.41) is 6.84. The smallest absolute Gasteiger partial charge is 0.331 e. The zero-order valence-electron chi connectivity index (χ0n) is 20.2. The summed E-state index contributed by atoms with van der Waals surface area (Å²) in [5.41, 5.74) is 0.395. The molecule has 9 heteroatoms. The van der Waals surface area contributed by atoms with Gasteiger partial charge in [0.25, 0.3) is 5.56 Å². The molecule has 8 nitrogen and oxygen atoms in total. The zero-order chi connectivity index (χ0) is 25.5. The average Bonchev–Trinajstić information content (AvgIpc) is 3.38. The fourth-order valence-electron chi connectivity index (χ4n) is 4.69. The molecule has 2 amide bonds. The van der Waals surface area contributed by atoms with E-state index in [1.807, 2.05) is 18.2 Å². The van der Waals surface area contributed by atoms with E-state index in [4.69, 9.17) is 11.6 Å². The zero-order valence-corrected chi connectivity index (χ0v) is 20.9. The van der Waals surface area contributed by atoms with Crippen LogP contribution in [0, 0.1) is 0 Å². The molecule has 0 spiro atoms. The number of para-hydroxylation sites is 1. The molecule has 2 aromatic carbocycles. The number of unbranched alkanes of at least 4 members (excludes halogenated alkanes) is 1. The van der Waals surface area contributed by atoms with Crippen molar-refractivity contribution in [2.45, 2.75) is 70.6 Å². The first-order chi connectivity index (χ1) is 17.4. The van der Waals surface area contributed by atoms with Crippen molar-refractivity contribution in [3.8, 4) is 0 Å². The number of rotatable bonds is 10. The Labute approximate surface area is 214 Å². The van der Waals surface area contributed by atoms with Crippen molar-refractivity contribution in [1.82, 2.24) is 19.8 Å². The van der Waals surface area contributed by atoms with E-state index in [1.165, 1.54) is 9.13 Å². The molecule has 0 aliphatic heterocycles. The number of hydrogen-bond acceptors (Lipinski definition) is 4. The first-order valence-corrected chi connectivity index (χ1v) is 12.8. The SMILES string of the molecule is O=C(CCCCn1c(=O)c2ccccc2n(CC(=O)NC2CCCC2)c1=O)NCc1ccccc1Cl. The summed E-state index contributed by atoms with van der Waals surface area (Å²) in [5.74, 6) is -0.351. The second-order valence-electron chi connectivity index (χ2n) is 9.22. The summed E-state index contributed by atoms with van der Waals surface area (Å²) in [6.45, 7) is 0.376. The van der Waals surface area contributed by atoms with Gasteiger partial charge in [0.2, 0.25) is 11.8 Å². The standard InChI is InChI=1S/C27H31ClN4O4/c28-22-13-5-1-9-19(22)17-29-24(33)15-7-8-16-31-26(35)21-12-4-6-14-23(21)32(27(31)36)18-25(34)30-20-10-2-3-11-20/h1,4-6,9,12-14,20H,2-3,7-8,10-11,15-18H2,(H,29,33)(H,30,34). The summed E-state index contributed by atoms with van der Waals surface area (Å²) in [7, 11) is 0. The van der Waals surface area contributed by atoms with Crippen LogP contribution in [-0.2, 0) is 29.2 Å². The predicted molar refractivity (Wildman–Crippen MR) is 140 cm³/mol. The van der Waals surface area contributed by atoms with E-state index in [0.717, 1.165) is 31.2 Å². The third kappa shape index (κ3) is 6.23. The lowest BCUT2D eigenvalue weighted by Gasteiger charge is -2.16. The monoisotopic (exact) mass is 510 g/mol. The molecule has 1 saturated carbocycles. The van der Waals surface area contributed by atoms with E-state index < -0.39 is 5.69 Å². The third-order valence-corrected chi connectivity index (χ3v) is 6.99. The number of benzene rings is 2. The molecule has 1 aromatic heterocycles. The van der Waals surface area contributed by atoms with Crippen LogP contribution < -0.4 is 21.9 Å². The molecule has 0 unspecified atom stereocenters. The molecule has 190 valence electrons. The van der Waals surface area contributed by atoms with Gasteiger partial charge in [0.05, 0.1) is 10.9 Å². The number of carbonyl (C=O) groups excluding carboxylic acids is 2. The molecule has 0 atom stereocenters. The third-order valence-electron chi connectivity index (χ3n) is 6.62. The first-order valence-electron chi connectivity index (χ1n) is 12.5. The number of aromatic nitrogens is 2. The number of halogens is 1. The predicted octanol–water partition coefficient (Wildman–Crippen LogP) is 3.36. The summed E-state index contributed by atoms with van der Waals surface area (Å²) >= 11 is 6.12. The summed E-state index contributed by atoms with van der Waals surface area (Å²) in [6.07, 6.45) is 5.34. The van der Waals surface area contributed by atoms with Crippen LogP contribution in [0.25, 0.3) is 10.9 Å². The highest BCUT2D eigenvalue weighted by molar-refractivity contribution is 6.31. The minimum absolute atomic E-state index is 0.123. The van der Waals surface area contributed by atoms with Crippen molar-refractivity contribution in [2.24, 2.45) is 0 Å². The number of hydrogen-bond donors (Lipinski definition) is 2. The van der Waals surface area contributed by atoms with Gasteiger partial charge >= 0.3 is 5.69 Å². The Morgan fingerprint density at radius 2 is 1.64 bits per heavy atom. The van der Waals surface area contributed by atoms with Crippen LogP contribution in [0.3, 0.4) is 0 Å². The van der Waals surface area contributed by atoms with Crippen molar-refractivity contribution in [3.05, 3.63) is 80.0 Å². The van der Waals surface area contributed by atoms with Gasteiger partial charge in [-0.15, -0.1) is 0 Å². The van der Waals surface area contributed by atoms with Gasteiger partial charge in [-0.2, -0.15) is 0 Å². The Balaban J connectivity index is 1.40. The molecule has 36 heavy (non-hydrogen) atoms. The summed E-state index contributed by atoms with van der Waals surface area (Å²) in [6, 6.07) is 14.3. The van der Waals surface area contributed by atoms with E-state index in [1.54, 1.807) is 30.3 Å². The van der Waals surface area contributed by atoms with E-state index >= 15 is 0 Å². The minimum Gasteiger partial charge on any atom is -0.352 e. The van der Waals surface area contributed by atoms with Gasteiger partial charge in [0, 0.05) is 30.6 Å².